The molecular formula is C42H25B3N2S. The second-order valence-corrected chi connectivity index (χ2v) is 14.6. The maximum absolute atomic E-state index is 2.61. The summed E-state index contributed by atoms with van der Waals surface area (Å²) >= 11 is 1.96. The van der Waals surface area contributed by atoms with Gasteiger partial charge in [0.15, 0.2) is 0 Å². The van der Waals surface area contributed by atoms with E-state index in [0.29, 0.717) is 0 Å². The minimum absolute atomic E-state index is 0.170. The Kier molecular flexibility index (Phi) is 4.92. The van der Waals surface area contributed by atoms with Gasteiger partial charge in [-0.15, -0.1) is 0 Å². The number of benzene rings is 7. The van der Waals surface area contributed by atoms with Crippen molar-refractivity contribution in [2.75, 3.05) is 9.80 Å². The van der Waals surface area contributed by atoms with Crippen LogP contribution in [0.4, 0.5) is 34.1 Å². The van der Waals surface area contributed by atoms with Gasteiger partial charge in [0, 0.05) is 43.9 Å². The molecule has 48 heavy (non-hydrogen) atoms. The van der Waals surface area contributed by atoms with Crippen molar-refractivity contribution in [1.82, 2.24) is 0 Å². The van der Waals surface area contributed by atoms with E-state index < -0.39 is 0 Å². The fourth-order valence-corrected chi connectivity index (χ4v) is 10.8. The molecule has 6 heteroatoms. The number of nitrogens with zero attached hydrogens (tertiary/aromatic N) is 2. The Morgan fingerprint density at radius 1 is 0.333 bits per heavy atom. The fourth-order valence-electron chi connectivity index (χ4n) is 9.65. The van der Waals surface area contributed by atoms with E-state index in [0.717, 1.165) is 0 Å². The minimum Gasteiger partial charge on any atom is -0.312 e. The average Bonchev–Trinajstić information content (AvgIpc) is 3.15. The molecular weight excluding hydrogens is 597 g/mol. The Morgan fingerprint density at radius 3 is 1.27 bits per heavy atom. The predicted octanol–water partition coefficient (Wildman–Crippen LogP) is 3.89. The topological polar surface area (TPSA) is 6.48 Å². The van der Waals surface area contributed by atoms with Gasteiger partial charge in [0.2, 0.25) is 13.4 Å². The number of para-hydroxylation sites is 2. The minimum atomic E-state index is 0.170. The molecule has 0 atom stereocenters. The van der Waals surface area contributed by atoms with Crippen LogP contribution in [0.15, 0.2) is 161 Å². The standard InChI is InChI=1S/C42H25B3N2S/c1-3-12-26(13-4-1)43-28-16-7-9-18-32(28)46-34-20-11-21-35-38(34)45-39-36(24-22-30(43)41(39)46)48-37-25-23-31-42(40(37)45)47(35)33-19-10-8-17-29(33)44(31)27-14-5-2-6-15-27/h1-25H. The van der Waals surface area contributed by atoms with E-state index in [9.17, 15) is 0 Å². The number of fused-ring (bicyclic) bond motifs is 6. The summed E-state index contributed by atoms with van der Waals surface area (Å²) in [5, 5.41) is 0. The van der Waals surface area contributed by atoms with Crippen molar-refractivity contribution in [3.8, 4) is 0 Å². The van der Waals surface area contributed by atoms with Gasteiger partial charge in [-0.3, -0.25) is 0 Å². The second-order valence-electron chi connectivity index (χ2n) is 13.6. The molecule has 7 aromatic rings. The molecule has 7 aromatic carbocycles. The van der Waals surface area contributed by atoms with Crippen LogP contribution in [0.2, 0.25) is 0 Å². The molecule has 0 unspecified atom stereocenters. The van der Waals surface area contributed by atoms with E-state index in [2.05, 4.69) is 161 Å². The summed E-state index contributed by atoms with van der Waals surface area (Å²) in [7, 11) is 0. The Labute approximate surface area is 285 Å². The lowest BCUT2D eigenvalue weighted by molar-refractivity contribution is 1.24. The van der Waals surface area contributed by atoms with Crippen LogP contribution in [0.1, 0.15) is 0 Å². The molecule has 0 N–H and O–H groups in total. The maximum atomic E-state index is 2.61. The quantitative estimate of drug-likeness (QED) is 0.271. The zero-order valence-corrected chi connectivity index (χ0v) is 26.8. The van der Waals surface area contributed by atoms with Crippen LogP contribution >= 0.6 is 11.8 Å². The summed E-state index contributed by atoms with van der Waals surface area (Å²) in [5.74, 6) is 0. The number of hydrogen-bond donors (Lipinski definition) is 0. The summed E-state index contributed by atoms with van der Waals surface area (Å²) in [4.78, 5) is 7.99. The average molecular weight is 622 g/mol. The molecule has 0 saturated carbocycles. The van der Waals surface area contributed by atoms with Crippen LogP contribution in [-0.2, 0) is 0 Å². The highest BCUT2D eigenvalue weighted by Gasteiger charge is 2.52. The molecule has 0 saturated heterocycles. The van der Waals surface area contributed by atoms with Crippen LogP contribution in [0, 0.1) is 0 Å². The smallest absolute Gasteiger partial charge is 0.255 e. The first-order valence-corrected chi connectivity index (χ1v) is 17.7. The lowest BCUT2D eigenvalue weighted by atomic mass is 9.28. The van der Waals surface area contributed by atoms with Gasteiger partial charge in [0.05, 0.1) is 0 Å². The molecule has 5 aliphatic rings. The Bertz CT molecular complexity index is 2370. The molecule has 0 bridgehead atoms. The van der Waals surface area contributed by atoms with Crippen molar-refractivity contribution < 1.29 is 0 Å². The zero-order chi connectivity index (χ0) is 31.1. The summed E-state index contributed by atoms with van der Waals surface area (Å²) in [6.45, 7) is 0.520. The highest BCUT2D eigenvalue weighted by molar-refractivity contribution is 8.00. The largest absolute Gasteiger partial charge is 0.312 e. The molecule has 2 nitrogen and oxygen atoms in total. The predicted molar refractivity (Wildman–Crippen MR) is 207 cm³/mol. The number of rotatable bonds is 2. The van der Waals surface area contributed by atoms with E-state index in [4.69, 9.17) is 0 Å². The van der Waals surface area contributed by atoms with Gasteiger partial charge in [-0.2, -0.15) is 0 Å². The van der Waals surface area contributed by atoms with Crippen LogP contribution in [-0.4, -0.2) is 20.1 Å². The van der Waals surface area contributed by atoms with Crippen LogP contribution in [0.25, 0.3) is 0 Å². The molecule has 0 radical (unpaired) electrons. The molecule has 0 amide bonds. The van der Waals surface area contributed by atoms with Gasteiger partial charge >= 0.3 is 0 Å². The second kappa shape index (κ2) is 9.18. The fraction of sp³-hybridized carbons (Fsp3) is 0. The van der Waals surface area contributed by atoms with Gasteiger partial charge in [-0.05, 0) is 74.6 Å². The normalized spacial score (nSPS) is 14.8. The first-order chi connectivity index (χ1) is 23.9. The Hall–Kier alpha value is -5.32. The van der Waals surface area contributed by atoms with Gasteiger partial charge in [0.1, 0.15) is 0 Å². The van der Waals surface area contributed by atoms with Crippen LogP contribution in [0.3, 0.4) is 0 Å². The summed E-state index contributed by atoms with van der Waals surface area (Å²) < 4.78 is 0. The van der Waals surface area contributed by atoms with Crippen molar-refractivity contribution in [2.45, 2.75) is 9.79 Å². The van der Waals surface area contributed by atoms with E-state index >= 15 is 0 Å². The number of hydrogen-bond acceptors (Lipinski definition) is 3. The van der Waals surface area contributed by atoms with E-state index in [1.807, 2.05) is 11.8 Å². The van der Waals surface area contributed by atoms with E-state index in [1.54, 1.807) is 0 Å². The molecule has 0 aromatic heterocycles. The first kappa shape index (κ1) is 25.7. The highest BCUT2D eigenvalue weighted by atomic mass is 32.2. The molecule has 218 valence electrons. The van der Waals surface area contributed by atoms with Crippen molar-refractivity contribution in [3.63, 3.8) is 0 Å². The summed E-state index contributed by atoms with van der Waals surface area (Å²) in [6.07, 6.45) is 0. The summed E-state index contributed by atoms with van der Waals surface area (Å²) in [5.41, 5.74) is 20.6. The van der Waals surface area contributed by atoms with E-state index in [1.165, 1.54) is 93.1 Å². The third-order valence-electron chi connectivity index (χ3n) is 11.4. The molecule has 0 spiro atoms. The molecule has 0 aliphatic carbocycles. The Balaban J connectivity index is 1.21. The van der Waals surface area contributed by atoms with Crippen LogP contribution < -0.4 is 59.0 Å². The third-order valence-corrected chi connectivity index (χ3v) is 12.5. The van der Waals surface area contributed by atoms with Crippen molar-refractivity contribution in [3.05, 3.63) is 152 Å². The SMILES string of the molecule is c1ccc(B2c3ccccc3N3c4cccc5c4B4c6c(ccc2c63)Sc2ccc3c(c24)N5c2ccccc2B3c2ccccc2)cc1. The lowest BCUT2D eigenvalue weighted by Crippen LogP contribution is -2.70. The molecule has 5 heterocycles. The third kappa shape index (κ3) is 3.06. The number of anilines is 6. The van der Waals surface area contributed by atoms with Crippen molar-refractivity contribution >= 4 is 115 Å². The lowest BCUT2D eigenvalue weighted by Gasteiger charge is -2.51. The van der Waals surface area contributed by atoms with Gasteiger partial charge in [-0.1, -0.05) is 138 Å². The monoisotopic (exact) mass is 622 g/mol. The highest BCUT2D eigenvalue weighted by Crippen LogP contribution is 2.48. The Morgan fingerprint density at radius 2 is 0.771 bits per heavy atom. The maximum Gasteiger partial charge on any atom is 0.255 e. The van der Waals surface area contributed by atoms with Crippen molar-refractivity contribution in [2.24, 2.45) is 0 Å². The first-order valence-electron chi connectivity index (χ1n) is 16.9. The molecule has 5 aliphatic heterocycles. The van der Waals surface area contributed by atoms with Gasteiger partial charge in [0.25, 0.3) is 6.71 Å². The zero-order valence-electron chi connectivity index (χ0n) is 26.0. The van der Waals surface area contributed by atoms with Crippen LogP contribution in [0.5, 0.6) is 0 Å². The van der Waals surface area contributed by atoms with Gasteiger partial charge < -0.3 is 9.80 Å². The van der Waals surface area contributed by atoms with Crippen molar-refractivity contribution in [1.29, 1.82) is 0 Å². The molecule has 0 fully saturated rings. The van der Waals surface area contributed by atoms with Gasteiger partial charge in [-0.25, -0.2) is 0 Å². The van der Waals surface area contributed by atoms with E-state index in [-0.39, 0.29) is 20.1 Å². The molecule has 12 rings (SSSR count). The summed E-state index contributed by atoms with van der Waals surface area (Å²) in [6, 6.07) is 57.1.